The number of aliphatic hydroxyl groups excluding tert-OH is 1. The molecule has 0 aliphatic carbocycles. The van der Waals surface area contributed by atoms with Crippen LogP contribution in [0.15, 0.2) is 54.6 Å². The molecule has 4 nitrogen and oxygen atoms in total. The van der Waals surface area contributed by atoms with Crippen molar-refractivity contribution in [1.82, 2.24) is 4.90 Å². The Kier molecular flexibility index (Phi) is 5.69. The summed E-state index contributed by atoms with van der Waals surface area (Å²) in [6, 6.07) is 16.6. The Labute approximate surface area is 131 Å². The normalized spacial score (nSPS) is 12.2. The average Bonchev–Trinajstić information content (AvgIpc) is 2.54. The average molecular weight is 298 g/mol. The number of hydrogen-bond donors (Lipinski definition) is 2. The van der Waals surface area contributed by atoms with Gasteiger partial charge in [0.2, 0.25) is 0 Å². The zero-order valence-corrected chi connectivity index (χ0v) is 13.0. The number of aliphatic hydroxyl groups is 1. The highest BCUT2D eigenvalue weighted by Gasteiger charge is 2.16. The molecular weight excluding hydrogens is 276 g/mol. The second-order valence-corrected chi connectivity index (χ2v) is 5.55. The van der Waals surface area contributed by atoms with E-state index in [4.69, 9.17) is 0 Å². The van der Waals surface area contributed by atoms with Crippen molar-refractivity contribution in [3.63, 3.8) is 0 Å². The highest BCUT2D eigenvalue weighted by molar-refractivity contribution is 5.94. The molecule has 0 aliphatic rings. The van der Waals surface area contributed by atoms with Gasteiger partial charge in [0.05, 0.1) is 0 Å². The van der Waals surface area contributed by atoms with E-state index in [-0.39, 0.29) is 0 Å². The fourth-order valence-corrected chi connectivity index (χ4v) is 2.10. The van der Waals surface area contributed by atoms with E-state index in [1.54, 1.807) is 24.3 Å². The third kappa shape index (κ3) is 4.69. The van der Waals surface area contributed by atoms with Crippen molar-refractivity contribution in [2.24, 2.45) is 0 Å². The van der Waals surface area contributed by atoms with Crippen molar-refractivity contribution in [1.29, 1.82) is 0 Å². The summed E-state index contributed by atoms with van der Waals surface area (Å²) in [6.45, 7) is 0.985. The van der Waals surface area contributed by atoms with Gasteiger partial charge in [-0.2, -0.15) is 0 Å². The molecule has 2 rings (SSSR count). The van der Waals surface area contributed by atoms with Crippen molar-refractivity contribution >= 4 is 11.6 Å². The molecule has 0 saturated heterocycles. The molecule has 1 atom stereocenters. The predicted molar refractivity (Wildman–Crippen MR) is 88.7 cm³/mol. The molecule has 1 unspecified atom stereocenters. The molecule has 2 aromatic rings. The summed E-state index contributed by atoms with van der Waals surface area (Å²) < 4.78 is 0. The summed E-state index contributed by atoms with van der Waals surface area (Å²) >= 11 is 0. The van der Waals surface area contributed by atoms with Crippen LogP contribution in [-0.4, -0.2) is 36.6 Å². The van der Waals surface area contributed by atoms with E-state index in [1.807, 2.05) is 44.4 Å². The minimum Gasteiger partial charge on any atom is -0.378 e. The highest BCUT2D eigenvalue weighted by atomic mass is 16.3. The maximum Gasteiger partial charge on any atom is 0.257 e. The smallest absolute Gasteiger partial charge is 0.257 e. The summed E-state index contributed by atoms with van der Waals surface area (Å²) in [5.74, 6) is -0.424. The first-order chi connectivity index (χ1) is 10.6. The van der Waals surface area contributed by atoms with Gasteiger partial charge in [0, 0.05) is 12.2 Å². The number of carbonyl (C=O) groups is 1. The number of amides is 1. The summed E-state index contributed by atoms with van der Waals surface area (Å²) in [7, 11) is 4.08. The third-order valence-corrected chi connectivity index (χ3v) is 3.43. The lowest BCUT2D eigenvalue weighted by atomic mass is 10.1. The number of carbonyl (C=O) groups excluding carboxylic acids is 1. The van der Waals surface area contributed by atoms with E-state index >= 15 is 0 Å². The molecule has 0 aliphatic heterocycles. The van der Waals surface area contributed by atoms with Crippen LogP contribution >= 0.6 is 0 Å². The fraction of sp³-hybridized carbons (Fsp3) is 0.278. The second-order valence-electron chi connectivity index (χ2n) is 5.55. The van der Waals surface area contributed by atoms with Crippen molar-refractivity contribution in [2.75, 3.05) is 26.0 Å². The molecule has 1 amide bonds. The molecule has 4 heteroatoms. The van der Waals surface area contributed by atoms with Gasteiger partial charge in [-0.15, -0.1) is 0 Å². The largest absolute Gasteiger partial charge is 0.378 e. The van der Waals surface area contributed by atoms with Gasteiger partial charge >= 0.3 is 0 Å². The topological polar surface area (TPSA) is 52.6 Å². The summed E-state index contributed by atoms with van der Waals surface area (Å²) in [5.41, 5.74) is 2.49. The Morgan fingerprint density at radius 1 is 1.09 bits per heavy atom. The van der Waals surface area contributed by atoms with E-state index in [1.165, 1.54) is 5.56 Å². The predicted octanol–water partition coefficient (Wildman–Crippen LogP) is 2.46. The number of nitrogens with zero attached hydrogens (tertiary/aromatic N) is 1. The summed E-state index contributed by atoms with van der Waals surface area (Å²) in [5, 5.41) is 12.8. The SMILES string of the molecule is CN(C)CCc1ccc(NC(=O)C(O)c2ccccc2)cc1. The van der Waals surface area contributed by atoms with Gasteiger partial charge in [-0.25, -0.2) is 0 Å². The molecule has 0 spiro atoms. The van der Waals surface area contributed by atoms with Crippen LogP contribution in [0.1, 0.15) is 17.2 Å². The minimum atomic E-state index is -1.16. The lowest BCUT2D eigenvalue weighted by molar-refractivity contribution is -0.124. The van der Waals surface area contributed by atoms with E-state index in [2.05, 4.69) is 10.2 Å². The molecule has 22 heavy (non-hydrogen) atoms. The Morgan fingerprint density at radius 3 is 2.32 bits per heavy atom. The fourth-order valence-electron chi connectivity index (χ4n) is 2.10. The maximum absolute atomic E-state index is 12.0. The van der Waals surface area contributed by atoms with E-state index in [0.717, 1.165) is 13.0 Å². The van der Waals surface area contributed by atoms with Crippen LogP contribution < -0.4 is 5.32 Å². The van der Waals surface area contributed by atoms with Gasteiger partial charge < -0.3 is 15.3 Å². The maximum atomic E-state index is 12.0. The van der Waals surface area contributed by atoms with Crippen LogP contribution in [0.4, 0.5) is 5.69 Å². The van der Waals surface area contributed by atoms with Crippen molar-refractivity contribution in [2.45, 2.75) is 12.5 Å². The van der Waals surface area contributed by atoms with Gasteiger partial charge in [-0.3, -0.25) is 4.79 Å². The molecular formula is C18H22N2O2. The molecule has 0 radical (unpaired) electrons. The third-order valence-electron chi connectivity index (χ3n) is 3.43. The number of nitrogens with one attached hydrogen (secondary N) is 1. The van der Waals surface area contributed by atoms with Gasteiger partial charge in [0.15, 0.2) is 6.10 Å². The van der Waals surface area contributed by atoms with Gasteiger partial charge in [-0.05, 0) is 43.8 Å². The lowest BCUT2D eigenvalue weighted by Crippen LogP contribution is -2.20. The van der Waals surface area contributed by atoms with Gasteiger partial charge in [0.1, 0.15) is 0 Å². The first-order valence-corrected chi connectivity index (χ1v) is 7.34. The Morgan fingerprint density at radius 2 is 1.73 bits per heavy atom. The van der Waals surface area contributed by atoms with Crippen LogP contribution in [0.2, 0.25) is 0 Å². The summed E-state index contributed by atoms with van der Waals surface area (Å²) in [6.07, 6.45) is -0.192. The number of rotatable bonds is 6. The van der Waals surface area contributed by atoms with Crippen LogP contribution in [0.5, 0.6) is 0 Å². The van der Waals surface area contributed by atoms with E-state index in [0.29, 0.717) is 11.3 Å². The molecule has 0 aromatic heterocycles. The Hall–Kier alpha value is -2.17. The van der Waals surface area contributed by atoms with E-state index in [9.17, 15) is 9.90 Å². The quantitative estimate of drug-likeness (QED) is 0.861. The van der Waals surface area contributed by atoms with Crippen LogP contribution in [0.25, 0.3) is 0 Å². The number of anilines is 1. The molecule has 0 fully saturated rings. The highest BCUT2D eigenvalue weighted by Crippen LogP contribution is 2.16. The Bertz CT molecular complexity index is 594. The van der Waals surface area contributed by atoms with Crippen molar-refractivity contribution < 1.29 is 9.90 Å². The molecule has 2 N–H and O–H groups in total. The minimum absolute atomic E-state index is 0.424. The van der Waals surface area contributed by atoms with Crippen molar-refractivity contribution in [3.8, 4) is 0 Å². The lowest BCUT2D eigenvalue weighted by Gasteiger charge is -2.12. The number of benzene rings is 2. The standard InChI is InChI=1S/C18H22N2O2/c1-20(2)13-12-14-8-10-16(11-9-14)19-18(22)17(21)15-6-4-3-5-7-15/h3-11,17,21H,12-13H2,1-2H3,(H,19,22). The van der Waals surface area contributed by atoms with Crippen LogP contribution in [0, 0.1) is 0 Å². The van der Waals surface area contributed by atoms with Gasteiger partial charge in [0.25, 0.3) is 5.91 Å². The van der Waals surface area contributed by atoms with Crippen molar-refractivity contribution in [3.05, 3.63) is 65.7 Å². The monoisotopic (exact) mass is 298 g/mol. The Balaban J connectivity index is 1.94. The number of likely N-dealkylation sites (N-methyl/N-ethyl adjacent to an activating group) is 1. The molecule has 2 aromatic carbocycles. The van der Waals surface area contributed by atoms with Gasteiger partial charge in [-0.1, -0.05) is 42.5 Å². The summed E-state index contributed by atoms with van der Waals surface area (Å²) in [4.78, 5) is 14.2. The number of hydrogen-bond acceptors (Lipinski definition) is 3. The molecule has 0 saturated carbocycles. The molecule has 0 heterocycles. The molecule has 0 bridgehead atoms. The zero-order chi connectivity index (χ0) is 15.9. The van der Waals surface area contributed by atoms with Crippen LogP contribution in [0.3, 0.4) is 0 Å². The first kappa shape index (κ1) is 16.2. The van der Waals surface area contributed by atoms with E-state index < -0.39 is 12.0 Å². The second kappa shape index (κ2) is 7.73. The van der Waals surface area contributed by atoms with Crippen LogP contribution in [-0.2, 0) is 11.2 Å². The first-order valence-electron chi connectivity index (χ1n) is 7.34. The molecule has 116 valence electrons. The zero-order valence-electron chi connectivity index (χ0n) is 13.0.